The van der Waals surface area contributed by atoms with E-state index in [1.165, 1.54) is 0 Å². The van der Waals surface area contributed by atoms with E-state index in [4.69, 9.17) is 5.11 Å². The van der Waals surface area contributed by atoms with Crippen molar-refractivity contribution in [2.75, 3.05) is 6.61 Å². The first kappa shape index (κ1) is 14.6. The molecule has 0 saturated carbocycles. The number of aliphatic hydroxyl groups is 1. The molecular weight excluding hydrogens is 212 g/mol. The van der Waals surface area contributed by atoms with Crippen LogP contribution in [-0.2, 0) is 14.3 Å². The van der Waals surface area contributed by atoms with E-state index in [2.05, 4.69) is 11.7 Å². The van der Waals surface area contributed by atoms with Gasteiger partial charge in [-0.05, 0) is 6.42 Å². The molecule has 0 aromatic heterocycles. The fourth-order valence-electron chi connectivity index (χ4n) is 1.08. The van der Waals surface area contributed by atoms with Crippen molar-refractivity contribution < 1.29 is 24.5 Å². The third kappa shape index (κ3) is 9.21. The van der Waals surface area contributed by atoms with E-state index in [-0.39, 0.29) is 6.61 Å². The maximum atomic E-state index is 10.9. The lowest BCUT2D eigenvalue weighted by Gasteiger charge is -2.09. The Morgan fingerprint density at radius 1 is 1.31 bits per heavy atom. The van der Waals surface area contributed by atoms with E-state index in [0.717, 1.165) is 25.3 Å². The van der Waals surface area contributed by atoms with Gasteiger partial charge in [0.05, 0.1) is 6.10 Å². The highest BCUT2D eigenvalue weighted by Crippen LogP contribution is 2.03. The van der Waals surface area contributed by atoms with Crippen molar-refractivity contribution in [2.45, 2.75) is 38.7 Å². The number of hydrogen-bond donors (Lipinski definition) is 2. The molecule has 2 N–H and O–H groups in total. The summed E-state index contributed by atoms with van der Waals surface area (Å²) in [5.41, 5.74) is 0. The third-order valence-electron chi connectivity index (χ3n) is 1.92. The molecule has 0 heterocycles. The lowest BCUT2D eigenvalue weighted by molar-refractivity contribution is -0.141. The van der Waals surface area contributed by atoms with Crippen LogP contribution in [0.5, 0.6) is 0 Å². The van der Waals surface area contributed by atoms with Gasteiger partial charge in [0, 0.05) is 12.2 Å². The SMILES string of the molecule is CCCCCC(O)COC(=O)/C=C/C(=O)O. The molecule has 0 aliphatic carbocycles. The summed E-state index contributed by atoms with van der Waals surface area (Å²) in [6, 6.07) is 0. The molecule has 0 saturated heterocycles. The zero-order valence-electron chi connectivity index (χ0n) is 9.39. The molecule has 16 heavy (non-hydrogen) atoms. The van der Waals surface area contributed by atoms with Crippen LogP contribution < -0.4 is 0 Å². The van der Waals surface area contributed by atoms with Crippen LogP contribution in [-0.4, -0.2) is 34.9 Å². The van der Waals surface area contributed by atoms with Crippen LogP contribution in [0.25, 0.3) is 0 Å². The first-order valence-electron chi connectivity index (χ1n) is 5.32. The van der Waals surface area contributed by atoms with E-state index in [0.29, 0.717) is 12.5 Å². The predicted molar refractivity (Wildman–Crippen MR) is 57.9 cm³/mol. The van der Waals surface area contributed by atoms with Gasteiger partial charge in [0.2, 0.25) is 0 Å². The quantitative estimate of drug-likeness (QED) is 0.371. The number of carboxylic acids is 1. The average molecular weight is 230 g/mol. The van der Waals surface area contributed by atoms with E-state index >= 15 is 0 Å². The minimum atomic E-state index is -1.21. The largest absolute Gasteiger partial charge is 0.478 e. The van der Waals surface area contributed by atoms with Gasteiger partial charge < -0.3 is 14.9 Å². The van der Waals surface area contributed by atoms with Crippen molar-refractivity contribution in [3.63, 3.8) is 0 Å². The first-order valence-corrected chi connectivity index (χ1v) is 5.32. The lowest BCUT2D eigenvalue weighted by atomic mass is 10.1. The van der Waals surface area contributed by atoms with Gasteiger partial charge in [-0.1, -0.05) is 26.2 Å². The monoisotopic (exact) mass is 230 g/mol. The molecule has 0 aromatic carbocycles. The minimum Gasteiger partial charge on any atom is -0.478 e. The van der Waals surface area contributed by atoms with Crippen molar-refractivity contribution in [3.8, 4) is 0 Å². The predicted octanol–water partition coefficient (Wildman–Crippen LogP) is 1.11. The Kier molecular flexibility index (Phi) is 8.15. The summed E-state index contributed by atoms with van der Waals surface area (Å²) in [6.07, 6.45) is 4.42. The van der Waals surface area contributed by atoms with E-state index < -0.39 is 18.0 Å². The number of ether oxygens (including phenoxy) is 1. The zero-order chi connectivity index (χ0) is 12.4. The smallest absolute Gasteiger partial charge is 0.331 e. The summed E-state index contributed by atoms with van der Waals surface area (Å²) in [5, 5.41) is 17.6. The highest BCUT2D eigenvalue weighted by Gasteiger charge is 2.06. The van der Waals surface area contributed by atoms with Gasteiger partial charge in [0.25, 0.3) is 0 Å². The first-order chi connectivity index (χ1) is 7.56. The van der Waals surface area contributed by atoms with Crippen LogP contribution in [0.15, 0.2) is 12.2 Å². The van der Waals surface area contributed by atoms with Crippen LogP contribution in [0.3, 0.4) is 0 Å². The summed E-state index contributed by atoms with van der Waals surface area (Å²) in [7, 11) is 0. The Morgan fingerprint density at radius 2 is 2.00 bits per heavy atom. The fourth-order valence-corrected chi connectivity index (χ4v) is 1.08. The fraction of sp³-hybridized carbons (Fsp3) is 0.636. The van der Waals surface area contributed by atoms with E-state index in [1.807, 2.05) is 0 Å². The number of rotatable bonds is 8. The minimum absolute atomic E-state index is 0.0908. The topological polar surface area (TPSA) is 83.8 Å². The van der Waals surface area contributed by atoms with E-state index in [1.54, 1.807) is 0 Å². The maximum Gasteiger partial charge on any atom is 0.331 e. The molecule has 0 spiro atoms. The van der Waals surface area contributed by atoms with Crippen molar-refractivity contribution in [2.24, 2.45) is 0 Å². The second kappa shape index (κ2) is 8.91. The molecule has 5 heteroatoms. The standard InChI is InChI=1S/C11H18O5/c1-2-3-4-5-9(12)8-16-11(15)7-6-10(13)14/h6-7,9,12H,2-5,8H2,1H3,(H,13,14)/b7-6+. The van der Waals surface area contributed by atoms with Crippen LogP contribution in [0, 0.1) is 0 Å². The molecule has 0 aliphatic heterocycles. The molecule has 92 valence electrons. The highest BCUT2D eigenvalue weighted by atomic mass is 16.5. The molecule has 1 unspecified atom stereocenters. The van der Waals surface area contributed by atoms with Crippen LogP contribution >= 0.6 is 0 Å². The van der Waals surface area contributed by atoms with Gasteiger partial charge in [0.15, 0.2) is 0 Å². The molecule has 0 bridgehead atoms. The van der Waals surface area contributed by atoms with Gasteiger partial charge in [-0.15, -0.1) is 0 Å². The molecule has 0 aliphatic rings. The molecule has 0 rings (SSSR count). The number of esters is 1. The molecule has 0 aromatic rings. The number of carboxylic acid groups (broad SMARTS) is 1. The summed E-state index contributed by atoms with van der Waals surface area (Å²) in [5.74, 6) is -1.96. The van der Waals surface area contributed by atoms with Crippen LogP contribution in [0.2, 0.25) is 0 Å². The molecule has 5 nitrogen and oxygen atoms in total. The Hall–Kier alpha value is -1.36. The maximum absolute atomic E-state index is 10.9. The van der Waals surface area contributed by atoms with Gasteiger partial charge >= 0.3 is 11.9 Å². The number of aliphatic hydroxyl groups excluding tert-OH is 1. The molecule has 0 amide bonds. The van der Waals surface area contributed by atoms with Crippen LogP contribution in [0.1, 0.15) is 32.6 Å². The van der Waals surface area contributed by atoms with E-state index in [9.17, 15) is 14.7 Å². The summed E-state index contributed by atoms with van der Waals surface area (Å²) >= 11 is 0. The highest BCUT2D eigenvalue weighted by molar-refractivity contribution is 5.90. The molecular formula is C11H18O5. The number of hydrogen-bond acceptors (Lipinski definition) is 4. The summed E-state index contributed by atoms with van der Waals surface area (Å²) < 4.78 is 4.65. The Balaban J connectivity index is 3.62. The van der Waals surface area contributed by atoms with Crippen molar-refractivity contribution >= 4 is 11.9 Å². The van der Waals surface area contributed by atoms with Gasteiger partial charge in [-0.3, -0.25) is 0 Å². The Bertz CT molecular complexity index is 247. The number of aliphatic carboxylic acids is 1. The average Bonchev–Trinajstić information content (AvgIpc) is 2.24. The molecule has 0 radical (unpaired) electrons. The lowest BCUT2D eigenvalue weighted by Crippen LogP contribution is -2.17. The van der Waals surface area contributed by atoms with Gasteiger partial charge in [-0.25, -0.2) is 9.59 Å². The Morgan fingerprint density at radius 3 is 2.56 bits per heavy atom. The van der Waals surface area contributed by atoms with Gasteiger partial charge in [0.1, 0.15) is 6.61 Å². The number of carbonyl (C=O) groups excluding carboxylic acids is 1. The second-order valence-electron chi connectivity index (χ2n) is 3.45. The van der Waals surface area contributed by atoms with Crippen molar-refractivity contribution in [1.82, 2.24) is 0 Å². The number of carbonyl (C=O) groups is 2. The van der Waals surface area contributed by atoms with Gasteiger partial charge in [-0.2, -0.15) is 0 Å². The number of unbranched alkanes of at least 4 members (excludes halogenated alkanes) is 2. The normalized spacial score (nSPS) is 12.6. The molecule has 1 atom stereocenters. The van der Waals surface area contributed by atoms with Crippen molar-refractivity contribution in [3.05, 3.63) is 12.2 Å². The second-order valence-corrected chi connectivity index (χ2v) is 3.45. The summed E-state index contributed by atoms with van der Waals surface area (Å²) in [4.78, 5) is 21.0. The summed E-state index contributed by atoms with van der Waals surface area (Å²) in [6.45, 7) is 1.97. The zero-order valence-corrected chi connectivity index (χ0v) is 9.39. The van der Waals surface area contributed by atoms with Crippen LogP contribution in [0.4, 0.5) is 0 Å². The third-order valence-corrected chi connectivity index (χ3v) is 1.92. The molecule has 0 fully saturated rings. The van der Waals surface area contributed by atoms with Crippen molar-refractivity contribution in [1.29, 1.82) is 0 Å². The Labute approximate surface area is 94.7 Å².